The Morgan fingerprint density at radius 3 is 0.938 bits per heavy atom. The number of hydrogen-bond donors (Lipinski definition) is 0. The summed E-state index contributed by atoms with van der Waals surface area (Å²) in [5.41, 5.74) is 0.339. The van der Waals surface area contributed by atoms with Crippen LogP contribution in [0.2, 0.25) is 0 Å². The third kappa shape index (κ3) is 22.3. The Hall–Kier alpha value is -1.50. The highest BCUT2D eigenvalue weighted by Gasteiger charge is 2.21. The fourth-order valence-electron chi connectivity index (χ4n) is 5.34. The lowest BCUT2D eigenvalue weighted by molar-refractivity contribution is 0.0481. The van der Waals surface area contributed by atoms with Gasteiger partial charge in [-0.3, -0.25) is 0 Å². The zero-order valence-corrected chi connectivity index (χ0v) is 33.4. The van der Waals surface area contributed by atoms with Crippen LogP contribution in [0.5, 0.6) is 0 Å². The molecule has 0 heterocycles. The van der Waals surface area contributed by atoms with Crippen molar-refractivity contribution in [1.82, 2.24) is 0 Å². The summed E-state index contributed by atoms with van der Waals surface area (Å²) in [5.74, 6) is -0.720. The zero-order chi connectivity index (χ0) is 36.5. The van der Waals surface area contributed by atoms with Gasteiger partial charge in [0.05, 0.1) is 36.5 Å². The SMILES string of the molecule is CC(CCCC(C)(C)Cl)CCOC(=O)c1cc(C(=O)OCCC(C)CCCC(C)(C)Cl)cc(C(=O)OCCC(C)CCCC(C)(C)Cl)c1. The average molecular weight is 734 g/mol. The van der Waals surface area contributed by atoms with Crippen molar-refractivity contribution in [2.24, 2.45) is 17.8 Å². The molecule has 9 heteroatoms. The molecule has 0 fully saturated rings. The van der Waals surface area contributed by atoms with Gasteiger partial charge in [-0.2, -0.15) is 0 Å². The Morgan fingerprint density at radius 2 is 0.729 bits per heavy atom. The van der Waals surface area contributed by atoms with E-state index < -0.39 is 17.9 Å². The van der Waals surface area contributed by atoms with Crippen molar-refractivity contribution in [3.63, 3.8) is 0 Å². The third-order valence-electron chi connectivity index (χ3n) is 8.58. The molecule has 276 valence electrons. The summed E-state index contributed by atoms with van der Waals surface area (Å²) in [5, 5.41) is 0. The van der Waals surface area contributed by atoms with Crippen molar-refractivity contribution in [2.45, 2.75) is 154 Å². The van der Waals surface area contributed by atoms with Crippen LogP contribution in [-0.4, -0.2) is 52.4 Å². The van der Waals surface area contributed by atoms with Crippen molar-refractivity contribution in [3.8, 4) is 0 Å². The third-order valence-corrected chi connectivity index (χ3v) is 9.14. The molecule has 3 unspecified atom stereocenters. The van der Waals surface area contributed by atoms with Crippen LogP contribution in [0.1, 0.15) is 170 Å². The summed E-state index contributed by atoms with van der Waals surface area (Å²) in [6, 6.07) is 4.29. The molecule has 0 bridgehead atoms. The van der Waals surface area contributed by atoms with Crippen LogP contribution >= 0.6 is 34.8 Å². The van der Waals surface area contributed by atoms with Crippen LogP contribution in [0.3, 0.4) is 0 Å². The fraction of sp³-hybridized carbons (Fsp3) is 0.769. The molecule has 3 atom stereocenters. The summed E-state index contributed by atoms with van der Waals surface area (Å²) in [6.07, 6.45) is 10.8. The van der Waals surface area contributed by atoms with Crippen molar-refractivity contribution in [2.75, 3.05) is 19.8 Å². The second-order valence-corrected chi connectivity index (χ2v) is 18.8. The van der Waals surface area contributed by atoms with Crippen LogP contribution in [0.4, 0.5) is 0 Å². The van der Waals surface area contributed by atoms with Crippen LogP contribution in [0, 0.1) is 17.8 Å². The molecular formula is C39H63Cl3O6. The number of alkyl halides is 3. The van der Waals surface area contributed by atoms with E-state index in [0.29, 0.717) is 37.0 Å². The van der Waals surface area contributed by atoms with Gasteiger partial charge in [0, 0.05) is 14.6 Å². The quantitative estimate of drug-likeness (QED) is 0.0598. The number of hydrogen-bond acceptors (Lipinski definition) is 6. The maximum absolute atomic E-state index is 13.1. The van der Waals surface area contributed by atoms with Crippen LogP contribution in [-0.2, 0) is 14.2 Å². The molecule has 0 aliphatic heterocycles. The number of rotatable bonds is 24. The van der Waals surface area contributed by atoms with E-state index in [2.05, 4.69) is 20.8 Å². The zero-order valence-electron chi connectivity index (χ0n) is 31.2. The normalized spacial score (nSPS) is 14.2. The van der Waals surface area contributed by atoms with Crippen LogP contribution in [0.25, 0.3) is 0 Å². The van der Waals surface area contributed by atoms with Crippen molar-refractivity contribution in [3.05, 3.63) is 34.9 Å². The van der Waals surface area contributed by atoms with E-state index in [1.165, 1.54) is 18.2 Å². The van der Waals surface area contributed by atoms with E-state index in [1.807, 2.05) is 41.5 Å². The average Bonchev–Trinajstić information content (AvgIpc) is 2.94. The van der Waals surface area contributed by atoms with Gasteiger partial charge in [-0.15, -0.1) is 34.8 Å². The highest BCUT2D eigenvalue weighted by Crippen LogP contribution is 2.26. The fourth-order valence-corrected chi connectivity index (χ4v) is 5.74. The molecule has 6 nitrogen and oxygen atoms in total. The Balaban J connectivity index is 2.87. The van der Waals surface area contributed by atoms with Gasteiger partial charge in [0.25, 0.3) is 0 Å². The van der Waals surface area contributed by atoms with E-state index in [4.69, 9.17) is 49.0 Å². The molecule has 0 N–H and O–H groups in total. The molecule has 0 spiro atoms. The topological polar surface area (TPSA) is 78.9 Å². The highest BCUT2D eigenvalue weighted by atomic mass is 35.5. The number of esters is 3. The molecule has 0 saturated carbocycles. The van der Waals surface area contributed by atoms with Crippen molar-refractivity contribution >= 4 is 52.7 Å². The second-order valence-electron chi connectivity index (χ2n) is 15.7. The van der Waals surface area contributed by atoms with Gasteiger partial charge < -0.3 is 14.2 Å². The second kappa shape index (κ2) is 21.7. The van der Waals surface area contributed by atoms with E-state index in [-0.39, 0.29) is 51.1 Å². The molecular weight excluding hydrogens is 671 g/mol. The number of carbonyl (C=O) groups is 3. The monoisotopic (exact) mass is 732 g/mol. The van der Waals surface area contributed by atoms with Crippen LogP contribution < -0.4 is 0 Å². The standard InChI is InChI=1S/C39H63Cl3O6/c1-28(13-10-19-37(4,5)40)16-22-46-34(43)31-25-32(35(44)47-23-17-29(2)14-11-20-38(6,7)41)27-33(26-31)36(45)48-24-18-30(3)15-12-21-39(8,9)42/h25-30H,10-24H2,1-9H3. The van der Waals surface area contributed by atoms with Crippen molar-refractivity contribution < 1.29 is 28.6 Å². The molecule has 0 aliphatic rings. The first-order valence-corrected chi connectivity index (χ1v) is 19.0. The lowest BCUT2D eigenvalue weighted by atomic mass is 9.97. The first-order valence-electron chi connectivity index (χ1n) is 17.9. The molecule has 0 aromatic heterocycles. The van der Waals surface area contributed by atoms with Crippen LogP contribution in [0.15, 0.2) is 18.2 Å². The number of ether oxygens (including phenoxy) is 3. The number of benzene rings is 1. The lowest BCUT2D eigenvalue weighted by Gasteiger charge is -2.17. The Kier molecular flexibility index (Phi) is 20.1. The minimum absolute atomic E-state index is 0.113. The molecule has 48 heavy (non-hydrogen) atoms. The summed E-state index contributed by atoms with van der Waals surface area (Å²) >= 11 is 18.9. The first kappa shape index (κ1) is 44.5. The maximum Gasteiger partial charge on any atom is 0.338 e. The first-order chi connectivity index (χ1) is 22.1. The van der Waals surface area contributed by atoms with Gasteiger partial charge in [0.15, 0.2) is 0 Å². The minimum atomic E-state index is -0.598. The molecule has 0 aliphatic carbocycles. The minimum Gasteiger partial charge on any atom is -0.462 e. The van der Waals surface area contributed by atoms with Gasteiger partial charge in [-0.1, -0.05) is 59.3 Å². The largest absolute Gasteiger partial charge is 0.462 e. The Morgan fingerprint density at radius 1 is 0.500 bits per heavy atom. The number of carbonyl (C=O) groups excluding carboxylic acids is 3. The van der Waals surface area contributed by atoms with E-state index in [0.717, 1.165) is 57.8 Å². The number of halogens is 3. The lowest BCUT2D eigenvalue weighted by Crippen LogP contribution is -2.16. The van der Waals surface area contributed by atoms with E-state index in [1.54, 1.807) is 0 Å². The van der Waals surface area contributed by atoms with Crippen molar-refractivity contribution in [1.29, 1.82) is 0 Å². The molecule has 0 radical (unpaired) electrons. The molecule has 0 amide bonds. The van der Waals surface area contributed by atoms with Gasteiger partial charge in [-0.25, -0.2) is 14.4 Å². The van der Waals surface area contributed by atoms with E-state index in [9.17, 15) is 14.4 Å². The molecule has 0 saturated heterocycles. The highest BCUT2D eigenvalue weighted by molar-refractivity contribution is 6.23. The predicted octanol–water partition coefficient (Wildman–Crippen LogP) is 11.8. The summed E-state index contributed by atoms with van der Waals surface area (Å²) in [4.78, 5) is 38.6. The summed E-state index contributed by atoms with van der Waals surface area (Å²) in [7, 11) is 0. The van der Waals surface area contributed by atoms with Gasteiger partial charge in [-0.05, 0) is 116 Å². The molecule has 1 aromatic carbocycles. The van der Waals surface area contributed by atoms with Gasteiger partial charge in [0.1, 0.15) is 0 Å². The molecule has 1 rings (SSSR count). The summed E-state index contributed by atoms with van der Waals surface area (Å²) in [6.45, 7) is 19.1. The smallest absolute Gasteiger partial charge is 0.338 e. The Labute approximate surface area is 306 Å². The van der Waals surface area contributed by atoms with Gasteiger partial charge in [0.2, 0.25) is 0 Å². The van der Waals surface area contributed by atoms with E-state index >= 15 is 0 Å². The van der Waals surface area contributed by atoms with Gasteiger partial charge >= 0.3 is 17.9 Å². The summed E-state index contributed by atoms with van der Waals surface area (Å²) < 4.78 is 16.7. The maximum atomic E-state index is 13.1. The Bertz CT molecular complexity index is 966. The molecule has 1 aromatic rings. The predicted molar refractivity (Wildman–Crippen MR) is 200 cm³/mol.